The topological polar surface area (TPSA) is 94.7 Å². The molecular formula is C14H14N2O4. The highest BCUT2D eigenvalue weighted by Crippen LogP contribution is 2.25. The Kier molecular flexibility index (Phi) is 4.05. The van der Waals surface area contributed by atoms with Crippen LogP contribution in [0.2, 0.25) is 0 Å². The average molecular weight is 274 g/mol. The van der Waals surface area contributed by atoms with Gasteiger partial charge in [0, 0.05) is 6.20 Å². The van der Waals surface area contributed by atoms with Crippen molar-refractivity contribution >= 4 is 11.7 Å². The molecule has 1 aromatic heterocycles. The van der Waals surface area contributed by atoms with Crippen LogP contribution in [0.4, 0.5) is 5.69 Å². The van der Waals surface area contributed by atoms with Gasteiger partial charge < -0.3 is 20.3 Å². The number of rotatable bonds is 5. The number of aromatic nitrogens is 1. The number of hydrogen-bond donors (Lipinski definition) is 2. The number of benzene rings is 1. The van der Waals surface area contributed by atoms with Crippen LogP contribution in [0.15, 0.2) is 36.5 Å². The summed E-state index contributed by atoms with van der Waals surface area (Å²) in [6, 6.07) is 7.89. The smallest absolute Gasteiger partial charge is 0.335 e. The molecule has 0 saturated carbocycles. The Morgan fingerprint density at radius 1 is 1.40 bits per heavy atom. The van der Waals surface area contributed by atoms with Gasteiger partial charge in [0.2, 0.25) is 5.88 Å². The van der Waals surface area contributed by atoms with Crippen LogP contribution >= 0.6 is 0 Å². The minimum absolute atomic E-state index is 0.118. The van der Waals surface area contributed by atoms with Crippen molar-refractivity contribution in [3.63, 3.8) is 0 Å². The van der Waals surface area contributed by atoms with Gasteiger partial charge in [-0.25, -0.2) is 9.78 Å². The van der Waals surface area contributed by atoms with E-state index in [0.717, 1.165) is 5.56 Å². The van der Waals surface area contributed by atoms with Gasteiger partial charge in [0.15, 0.2) is 0 Å². The lowest BCUT2D eigenvalue weighted by atomic mass is 10.2. The van der Waals surface area contributed by atoms with E-state index >= 15 is 0 Å². The third-order valence-corrected chi connectivity index (χ3v) is 2.69. The van der Waals surface area contributed by atoms with Gasteiger partial charge in [-0.2, -0.15) is 0 Å². The third kappa shape index (κ3) is 2.97. The largest absolute Gasteiger partial charge is 0.487 e. The normalized spacial score (nSPS) is 10.1. The van der Waals surface area contributed by atoms with Gasteiger partial charge in [-0.1, -0.05) is 0 Å². The maximum Gasteiger partial charge on any atom is 0.335 e. The maximum atomic E-state index is 10.9. The second-order valence-electron chi connectivity index (χ2n) is 4.02. The summed E-state index contributed by atoms with van der Waals surface area (Å²) in [5.41, 5.74) is 7.00. The van der Waals surface area contributed by atoms with Crippen LogP contribution in [-0.4, -0.2) is 23.2 Å². The molecule has 0 atom stereocenters. The van der Waals surface area contributed by atoms with Crippen LogP contribution < -0.4 is 15.2 Å². The number of pyridine rings is 1. The van der Waals surface area contributed by atoms with Gasteiger partial charge in [0.05, 0.1) is 23.9 Å². The van der Waals surface area contributed by atoms with E-state index < -0.39 is 5.97 Å². The van der Waals surface area contributed by atoms with E-state index in [1.807, 2.05) is 6.07 Å². The van der Waals surface area contributed by atoms with E-state index in [0.29, 0.717) is 17.3 Å². The number of nitrogens with two attached hydrogens (primary N) is 1. The summed E-state index contributed by atoms with van der Waals surface area (Å²) in [5, 5.41) is 8.94. The number of ether oxygens (including phenoxy) is 2. The van der Waals surface area contributed by atoms with E-state index in [4.69, 9.17) is 20.3 Å². The van der Waals surface area contributed by atoms with E-state index in [1.165, 1.54) is 25.3 Å². The summed E-state index contributed by atoms with van der Waals surface area (Å²) in [5.74, 6) is -0.259. The van der Waals surface area contributed by atoms with Gasteiger partial charge in [-0.05, 0) is 30.3 Å². The van der Waals surface area contributed by atoms with Crippen molar-refractivity contribution in [1.82, 2.24) is 4.98 Å². The van der Waals surface area contributed by atoms with Crippen LogP contribution in [0.1, 0.15) is 15.9 Å². The lowest BCUT2D eigenvalue weighted by molar-refractivity contribution is 0.0696. The summed E-state index contributed by atoms with van der Waals surface area (Å²) in [6.45, 7) is 0.185. The van der Waals surface area contributed by atoms with Crippen LogP contribution in [0.5, 0.6) is 11.6 Å². The van der Waals surface area contributed by atoms with Crippen LogP contribution in [0.25, 0.3) is 0 Å². The number of carboxylic acids is 1. The molecule has 0 radical (unpaired) electrons. The van der Waals surface area contributed by atoms with Crippen LogP contribution in [0, 0.1) is 0 Å². The summed E-state index contributed by atoms with van der Waals surface area (Å²) in [6.07, 6.45) is 1.61. The fraction of sp³-hybridized carbons (Fsp3) is 0.143. The van der Waals surface area contributed by atoms with Crippen molar-refractivity contribution in [3.05, 3.63) is 47.7 Å². The first-order valence-corrected chi connectivity index (χ1v) is 5.85. The van der Waals surface area contributed by atoms with Gasteiger partial charge >= 0.3 is 5.97 Å². The maximum absolute atomic E-state index is 10.9. The second-order valence-corrected chi connectivity index (χ2v) is 4.02. The number of carboxylic acid groups (broad SMARTS) is 1. The Balaban J connectivity index is 2.18. The third-order valence-electron chi connectivity index (χ3n) is 2.69. The molecule has 0 bridgehead atoms. The molecule has 6 heteroatoms. The first-order valence-electron chi connectivity index (χ1n) is 5.85. The van der Waals surface area contributed by atoms with Crippen molar-refractivity contribution in [2.75, 3.05) is 12.8 Å². The van der Waals surface area contributed by atoms with E-state index in [1.54, 1.807) is 12.3 Å². The molecule has 0 fully saturated rings. The minimum Gasteiger partial charge on any atom is -0.487 e. The first-order chi connectivity index (χ1) is 9.61. The van der Waals surface area contributed by atoms with Crippen molar-refractivity contribution in [2.45, 2.75) is 6.61 Å². The molecule has 1 heterocycles. The van der Waals surface area contributed by atoms with Gasteiger partial charge in [-0.15, -0.1) is 0 Å². The zero-order valence-corrected chi connectivity index (χ0v) is 10.9. The summed E-state index contributed by atoms with van der Waals surface area (Å²) >= 11 is 0. The SMILES string of the molecule is COc1ncccc1COc1cc(C(=O)O)ccc1N. The Morgan fingerprint density at radius 3 is 2.90 bits per heavy atom. The molecule has 0 aliphatic rings. The molecule has 0 spiro atoms. The molecule has 104 valence electrons. The van der Waals surface area contributed by atoms with Crippen molar-refractivity contribution < 1.29 is 19.4 Å². The summed E-state index contributed by atoms with van der Waals surface area (Å²) in [7, 11) is 1.52. The molecule has 6 nitrogen and oxygen atoms in total. The Hall–Kier alpha value is -2.76. The predicted molar refractivity (Wildman–Crippen MR) is 72.9 cm³/mol. The standard InChI is InChI=1S/C14H14N2O4/c1-19-13-10(3-2-6-16-13)8-20-12-7-9(14(17)18)4-5-11(12)15/h2-7H,8,15H2,1H3,(H,17,18). The molecule has 0 unspecified atom stereocenters. The number of nitrogen functional groups attached to an aromatic ring is 1. The minimum atomic E-state index is -1.03. The number of carbonyl (C=O) groups is 1. The van der Waals surface area contributed by atoms with Crippen LogP contribution in [-0.2, 0) is 6.61 Å². The summed E-state index contributed by atoms with van der Waals surface area (Å²) in [4.78, 5) is 15.0. The molecule has 0 aliphatic carbocycles. The Bertz CT molecular complexity index is 628. The molecule has 2 aromatic rings. The lowest BCUT2D eigenvalue weighted by Crippen LogP contribution is -2.04. The zero-order valence-electron chi connectivity index (χ0n) is 10.9. The number of hydrogen-bond acceptors (Lipinski definition) is 5. The van der Waals surface area contributed by atoms with Crippen LogP contribution in [0.3, 0.4) is 0 Å². The highest BCUT2D eigenvalue weighted by Gasteiger charge is 2.09. The summed E-state index contributed by atoms with van der Waals surface area (Å²) < 4.78 is 10.7. The predicted octanol–water partition coefficient (Wildman–Crippen LogP) is 1.95. The Morgan fingerprint density at radius 2 is 2.20 bits per heavy atom. The highest BCUT2D eigenvalue weighted by atomic mass is 16.5. The van der Waals surface area contributed by atoms with Gasteiger partial charge in [0.1, 0.15) is 12.4 Å². The zero-order chi connectivity index (χ0) is 14.5. The van der Waals surface area contributed by atoms with Crippen molar-refractivity contribution in [1.29, 1.82) is 0 Å². The van der Waals surface area contributed by atoms with E-state index in [9.17, 15) is 4.79 Å². The van der Waals surface area contributed by atoms with E-state index in [2.05, 4.69) is 4.98 Å². The molecule has 0 saturated heterocycles. The molecule has 2 rings (SSSR count). The molecule has 3 N–H and O–H groups in total. The number of methoxy groups -OCH3 is 1. The monoisotopic (exact) mass is 274 g/mol. The fourth-order valence-electron chi connectivity index (χ4n) is 1.67. The molecule has 0 amide bonds. The molecule has 0 aliphatic heterocycles. The fourth-order valence-corrected chi connectivity index (χ4v) is 1.67. The van der Waals surface area contributed by atoms with Gasteiger partial charge in [-0.3, -0.25) is 0 Å². The second kappa shape index (κ2) is 5.92. The Labute approximate surface area is 115 Å². The average Bonchev–Trinajstić information content (AvgIpc) is 2.46. The number of nitrogens with zero attached hydrogens (tertiary/aromatic N) is 1. The molecule has 20 heavy (non-hydrogen) atoms. The van der Waals surface area contributed by atoms with Crippen molar-refractivity contribution in [3.8, 4) is 11.6 Å². The lowest BCUT2D eigenvalue weighted by Gasteiger charge is -2.11. The van der Waals surface area contributed by atoms with Crippen molar-refractivity contribution in [2.24, 2.45) is 0 Å². The first kappa shape index (κ1) is 13.7. The van der Waals surface area contributed by atoms with E-state index in [-0.39, 0.29) is 12.2 Å². The van der Waals surface area contributed by atoms with Gasteiger partial charge in [0.25, 0.3) is 0 Å². The highest BCUT2D eigenvalue weighted by molar-refractivity contribution is 5.89. The number of aromatic carboxylic acids is 1. The molecule has 1 aromatic carbocycles. The molecular weight excluding hydrogens is 260 g/mol. The number of anilines is 1. The quantitative estimate of drug-likeness (QED) is 0.809.